The van der Waals surface area contributed by atoms with Crippen LogP contribution in [0.25, 0.3) is 0 Å². The molecule has 0 radical (unpaired) electrons. The summed E-state index contributed by atoms with van der Waals surface area (Å²) in [6.07, 6.45) is 2.97. The number of hydrogen-bond acceptors (Lipinski definition) is 4. The molecule has 2 fully saturated rings. The van der Waals surface area contributed by atoms with Gasteiger partial charge in [0.1, 0.15) is 0 Å². The molecule has 0 spiro atoms. The van der Waals surface area contributed by atoms with Crippen LogP contribution in [-0.2, 0) is 4.79 Å². The molecule has 2 unspecified atom stereocenters. The molecule has 2 amide bonds. The highest BCUT2D eigenvalue weighted by molar-refractivity contribution is 8.13. The summed E-state index contributed by atoms with van der Waals surface area (Å²) in [4.78, 5) is 24.7. The van der Waals surface area contributed by atoms with Gasteiger partial charge in [0.05, 0.1) is 6.10 Å². The van der Waals surface area contributed by atoms with E-state index in [1.165, 1.54) is 11.8 Å². The van der Waals surface area contributed by atoms with Gasteiger partial charge in [-0.2, -0.15) is 0 Å². The molecule has 2 rings (SSSR count). The molecule has 18 heavy (non-hydrogen) atoms. The first-order valence-electron chi connectivity index (χ1n) is 6.53. The van der Waals surface area contributed by atoms with Crippen molar-refractivity contribution in [1.82, 2.24) is 10.2 Å². The van der Waals surface area contributed by atoms with Gasteiger partial charge in [0.15, 0.2) is 0 Å². The molecule has 0 aromatic rings. The summed E-state index contributed by atoms with van der Waals surface area (Å²) in [5.74, 6) is 1.01. The molecule has 2 N–H and O–H groups in total. The summed E-state index contributed by atoms with van der Waals surface area (Å²) < 4.78 is 0. The normalized spacial score (nSPS) is 27.8. The van der Waals surface area contributed by atoms with Gasteiger partial charge in [-0.3, -0.25) is 9.59 Å². The van der Waals surface area contributed by atoms with Crippen LogP contribution in [0.4, 0.5) is 4.79 Å². The molecule has 1 saturated heterocycles. The fraction of sp³-hybridized carbons (Fsp3) is 0.833. The minimum atomic E-state index is -0.262. The number of nitrogens with one attached hydrogen (secondary N) is 1. The second kappa shape index (κ2) is 6.43. The summed E-state index contributed by atoms with van der Waals surface area (Å²) in [6, 6.07) is 0. The number of carbonyl (C=O) groups excluding carboxylic acids is 2. The van der Waals surface area contributed by atoms with Crippen molar-refractivity contribution in [2.24, 2.45) is 5.92 Å². The average molecular weight is 272 g/mol. The Balaban J connectivity index is 1.61. The highest BCUT2D eigenvalue weighted by Crippen LogP contribution is 2.24. The van der Waals surface area contributed by atoms with E-state index in [4.69, 9.17) is 0 Å². The van der Waals surface area contributed by atoms with Gasteiger partial charge < -0.3 is 15.3 Å². The Hall–Kier alpha value is -0.750. The van der Waals surface area contributed by atoms with E-state index in [0.717, 1.165) is 31.6 Å². The Labute approximate surface area is 111 Å². The maximum Gasteiger partial charge on any atom is 0.281 e. The van der Waals surface area contributed by atoms with Gasteiger partial charge >= 0.3 is 0 Å². The number of nitrogens with zero attached hydrogens (tertiary/aromatic N) is 1. The minimum absolute atomic E-state index is 0.0289. The van der Waals surface area contributed by atoms with Crippen LogP contribution in [-0.4, -0.2) is 52.6 Å². The zero-order valence-corrected chi connectivity index (χ0v) is 11.2. The highest BCUT2D eigenvalue weighted by atomic mass is 32.2. The van der Waals surface area contributed by atoms with E-state index >= 15 is 0 Å². The summed E-state index contributed by atoms with van der Waals surface area (Å²) >= 11 is 1.31. The van der Waals surface area contributed by atoms with Crippen LogP contribution < -0.4 is 5.32 Å². The van der Waals surface area contributed by atoms with E-state index in [9.17, 15) is 14.7 Å². The predicted octanol–water partition coefficient (Wildman–Crippen LogP) is 0.822. The van der Waals surface area contributed by atoms with Crippen molar-refractivity contribution in [3.63, 3.8) is 0 Å². The SMILES string of the molecule is O=C(CCN1CCSC1=O)NCC1CCCC1O. The number of thioether (sulfide) groups is 1. The maximum atomic E-state index is 11.6. The fourth-order valence-corrected chi connectivity index (χ4v) is 3.31. The first kappa shape index (κ1) is 13.7. The highest BCUT2D eigenvalue weighted by Gasteiger charge is 2.25. The van der Waals surface area contributed by atoms with E-state index in [1.54, 1.807) is 4.90 Å². The summed E-state index contributed by atoms with van der Waals surface area (Å²) in [6.45, 7) is 1.81. The molecule has 2 aliphatic rings. The Morgan fingerprint density at radius 3 is 2.94 bits per heavy atom. The lowest BCUT2D eigenvalue weighted by Gasteiger charge is -2.17. The Bertz CT molecular complexity index is 324. The van der Waals surface area contributed by atoms with Gasteiger partial charge in [0, 0.05) is 37.7 Å². The number of aliphatic hydroxyl groups is 1. The Morgan fingerprint density at radius 1 is 1.50 bits per heavy atom. The number of carbonyl (C=O) groups is 2. The van der Waals surface area contributed by atoms with Crippen molar-refractivity contribution in [3.05, 3.63) is 0 Å². The minimum Gasteiger partial charge on any atom is -0.393 e. The number of aliphatic hydroxyl groups excluding tert-OH is 1. The van der Waals surface area contributed by atoms with Crippen LogP contribution >= 0.6 is 11.8 Å². The number of hydrogen-bond donors (Lipinski definition) is 2. The van der Waals surface area contributed by atoms with E-state index in [1.807, 2.05) is 0 Å². The largest absolute Gasteiger partial charge is 0.393 e. The molecule has 102 valence electrons. The summed E-state index contributed by atoms with van der Waals surface area (Å²) in [5, 5.41) is 12.6. The first-order valence-corrected chi connectivity index (χ1v) is 7.52. The molecule has 0 aromatic heterocycles. The van der Waals surface area contributed by atoms with E-state index < -0.39 is 0 Å². The quantitative estimate of drug-likeness (QED) is 0.777. The lowest BCUT2D eigenvalue weighted by atomic mass is 10.1. The maximum absolute atomic E-state index is 11.6. The van der Waals surface area contributed by atoms with Gasteiger partial charge in [0.2, 0.25) is 5.91 Å². The third kappa shape index (κ3) is 3.62. The van der Waals surface area contributed by atoms with Crippen molar-refractivity contribution < 1.29 is 14.7 Å². The fourth-order valence-electron chi connectivity index (χ4n) is 2.45. The number of rotatable bonds is 5. The van der Waals surface area contributed by atoms with Crippen molar-refractivity contribution in [2.75, 3.05) is 25.4 Å². The molecule has 1 aliphatic heterocycles. The van der Waals surface area contributed by atoms with Gasteiger partial charge in [-0.1, -0.05) is 18.2 Å². The van der Waals surface area contributed by atoms with Crippen molar-refractivity contribution >= 4 is 22.9 Å². The van der Waals surface area contributed by atoms with E-state index in [-0.39, 0.29) is 23.2 Å². The lowest BCUT2D eigenvalue weighted by molar-refractivity contribution is -0.121. The second-order valence-electron chi connectivity index (χ2n) is 4.91. The van der Waals surface area contributed by atoms with Gasteiger partial charge in [-0.15, -0.1) is 0 Å². The lowest BCUT2D eigenvalue weighted by Crippen LogP contribution is -2.35. The van der Waals surface area contributed by atoms with Crippen molar-refractivity contribution in [2.45, 2.75) is 31.8 Å². The molecular formula is C12H20N2O3S. The summed E-state index contributed by atoms with van der Waals surface area (Å²) in [7, 11) is 0. The molecule has 1 aliphatic carbocycles. The molecule has 6 heteroatoms. The van der Waals surface area contributed by atoms with Crippen molar-refractivity contribution in [3.8, 4) is 0 Å². The Kier molecular flexibility index (Phi) is 4.88. The van der Waals surface area contributed by atoms with Crippen LogP contribution in [0.1, 0.15) is 25.7 Å². The first-order chi connectivity index (χ1) is 8.66. The van der Waals surface area contributed by atoms with E-state index in [0.29, 0.717) is 19.5 Å². The molecule has 2 atom stereocenters. The average Bonchev–Trinajstić information content (AvgIpc) is 2.93. The molecule has 1 heterocycles. The zero-order valence-electron chi connectivity index (χ0n) is 10.4. The van der Waals surface area contributed by atoms with E-state index in [2.05, 4.69) is 5.32 Å². The Morgan fingerprint density at radius 2 is 2.33 bits per heavy atom. The third-order valence-electron chi connectivity index (χ3n) is 3.63. The monoisotopic (exact) mass is 272 g/mol. The van der Waals surface area contributed by atoms with Crippen LogP contribution in [0.2, 0.25) is 0 Å². The van der Waals surface area contributed by atoms with Crippen molar-refractivity contribution in [1.29, 1.82) is 0 Å². The molecule has 0 bridgehead atoms. The smallest absolute Gasteiger partial charge is 0.281 e. The van der Waals surface area contributed by atoms with Crippen LogP contribution in [0.3, 0.4) is 0 Å². The van der Waals surface area contributed by atoms with Crippen LogP contribution in [0, 0.1) is 5.92 Å². The molecule has 0 aromatic carbocycles. The molecule has 5 nitrogen and oxygen atoms in total. The standard InChI is InChI=1S/C12H20N2O3S/c15-10-3-1-2-9(10)8-13-11(16)4-5-14-6-7-18-12(14)17/h9-10,15H,1-8H2,(H,13,16). The predicted molar refractivity (Wildman–Crippen MR) is 70.4 cm³/mol. The van der Waals surface area contributed by atoms with Gasteiger partial charge in [0.25, 0.3) is 5.24 Å². The van der Waals surface area contributed by atoms with Crippen LogP contribution in [0.15, 0.2) is 0 Å². The molecule has 1 saturated carbocycles. The zero-order chi connectivity index (χ0) is 13.0. The number of amides is 2. The second-order valence-corrected chi connectivity index (χ2v) is 5.96. The summed E-state index contributed by atoms with van der Waals surface area (Å²) in [5.41, 5.74) is 0. The third-order valence-corrected chi connectivity index (χ3v) is 4.53. The van der Waals surface area contributed by atoms with Crippen LogP contribution in [0.5, 0.6) is 0 Å². The van der Waals surface area contributed by atoms with Gasteiger partial charge in [-0.05, 0) is 12.8 Å². The molecular weight excluding hydrogens is 252 g/mol. The van der Waals surface area contributed by atoms with Gasteiger partial charge in [-0.25, -0.2) is 0 Å². The topological polar surface area (TPSA) is 69.6 Å².